The molecule has 3 aromatic carbocycles. The predicted molar refractivity (Wildman–Crippen MR) is 95.4 cm³/mol. The molecule has 6 nitrogen and oxygen atoms in total. The van der Waals surface area contributed by atoms with Crippen molar-refractivity contribution in [2.24, 2.45) is 0 Å². The first-order chi connectivity index (χ1) is 12.4. The van der Waals surface area contributed by atoms with E-state index < -0.39 is 17.9 Å². The fourth-order valence-electron chi connectivity index (χ4n) is 2.83. The first kappa shape index (κ1) is 17.4. The van der Waals surface area contributed by atoms with Gasteiger partial charge in [0.2, 0.25) is 0 Å². The van der Waals surface area contributed by atoms with Crippen LogP contribution in [0, 0.1) is 0 Å². The lowest BCUT2D eigenvalue weighted by Gasteiger charge is -2.16. The molecule has 0 radical (unpaired) electrons. The van der Waals surface area contributed by atoms with Gasteiger partial charge in [-0.05, 0) is 16.8 Å². The van der Waals surface area contributed by atoms with Crippen LogP contribution in [0.4, 0.5) is 0 Å². The fourth-order valence-corrected chi connectivity index (χ4v) is 2.83. The Bertz CT molecular complexity index is 1050. The van der Waals surface area contributed by atoms with Gasteiger partial charge >= 0.3 is 17.9 Å². The molecule has 0 atom stereocenters. The van der Waals surface area contributed by atoms with Crippen LogP contribution >= 0.6 is 0 Å². The van der Waals surface area contributed by atoms with Gasteiger partial charge < -0.3 is 14.2 Å². The van der Waals surface area contributed by atoms with Crippen molar-refractivity contribution in [3.63, 3.8) is 0 Å². The normalized spacial score (nSPS) is 10.6. The molecule has 0 N–H and O–H groups in total. The third-order valence-corrected chi connectivity index (χ3v) is 3.66. The van der Waals surface area contributed by atoms with E-state index in [0.29, 0.717) is 10.8 Å². The molecule has 0 aliphatic carbocycles. The average molecular weight is 352 g/mol. The van der Waals surface area contributed by atoms with Crippen molar-refractivity contribution >= 4 is 39.5 Å². The van der Waals surface area contributed by atoms with E-state index in [4.69, 9.17) is 14.2 Å². The molecule has 0 aliphatic rings. The van der Waals surface area contributed by atoms with E-state index in [9.17, 15) is 14.4 Å². The molecule has 0 saturated heterocycles. The van der Waals surface area contributed by atoms with Crippen molar-refractivity contribution in [3.8, 4) is 17.2 Å². The molecule has 132 valence electrons. The van der Waals surface area contributed by atoms with Crippen LogP contribution in [0.5, 0.6) is 17.2 Å². The Balaban J connectivity index is 2.44. The highest BCUT2D eigenvalue weighted by atomic mass is 16.6. The topological polar surface area (TPSA) is 78.9 Å². The van der Waals surface area contributed by atoms with Gasteiger partial charge in [-0.1, -0.05) is 30.3 Å². The Hall–Kier alpha value is -3.41. The van der Waals surface area contributed by atoms with Crippen LogP contribution in [0.25, 0.3) is 21.5 Å². The molecule has 0 heterocycles. The molecule has 6 heteroatoms. The lowest BCUT2D eigenvalue weighted by Crippen LogP contribution is -2.09. The van der Waals surface area contributed by atoms with Crippen molar-refractivity contribution in [3.05, 3.63) is 42.5 Å². The van der Waals surface area contributed by atoms with Gasteiger partial charge in [0.25, 0.3) is 0 Å². The summed E-state index contributed by atoms with van der Waals surface area (Å²) in [4.78, 5) is 34.6. The van der Waals surface area contributed by atoms with E-state index in [1.165, 1.54) is 26.8 Å². The average Bonchev–Trinajstić information content (AvgIpc) is 2.56. The van der Waals surface area contributed by atoms with E-state index in [-0.39, 0.29) is 17.2 Å². The highest BCUT2D eigenvalue weighted by Crippen LogP contribution is 2.44. The van der Waals surface area contributed by atoms with Gasteiger partial charge in [0.1, 0.15) is 5.75 Å². The van der Waals surface area contributed by atoms with Crippen molar-refractivity contribution in [2.75, 3.05) is 0 Å². The number of carbonyl (C=O) groups excluding carboxylic acids is 3. The van der Waals surface area contributed by atoms with Crippen LogP contribution < -0.4 is 14.2 Å². The number of fused-ring (bicyclic) bond motifs is 3. The standard InChI is InChI=1S/C20H16O6/c1-11(21)24-17-10-18(25-12(2)22)20(26-13(3)23)16-9-8-14-6-4-5-7-15(14)19(16)17/h4-10H,1-3H3. The minimum atomic E-state index is -0.590. The summed E-state index contributed by atoms with van der Waals surface area (Å²) >= 11 is 0. The van der Waals surface area contributed by atoms with Gasteiger partial charge in [-0.25, -0.2) is 0 Å². The summed E-state index contributed by atoms with van der Waals surface area (Å²) in [6, 6.07) is 12.5. The Morgan fingerprint density at radius 1 is 0.692 bits per heavy atom. The molecule has 0 saturated carbocycles. The summed E-state index contributed by atoms with van der Waals surface area (Å²) in [6.07, 6.45) is 0. The molecule has 0 aromatic heterocycles. The zero-order valence-electron chi connectivity index (χ0n) is 14.5. The van der Waals surface area contributed by atoms with Crippen molar-refractivity contribution in [1.29, 1.82) is 0 Å². The minimum Gasteiger partial charge on any atom is -0.426 e. The molecule has 3 rings (SSSR count). The van der Waals surface area contributed by atoms with Crippen LogP contribution in [0.3, 0.4) is 0 Å². The molecule has 0 fully saturated rings. The van der Waals surface area contributed by atoms with E-state index in [0.717, 1.165) is 10.8 Å². The number of rotatable bonds is 3. The van der Waals surface area contributed by atoms with Gasteiger partial charge in [-0.15, -0.1) is 0 Å². The lowest BCUT2D eigenvalue weighted by atomic mass is 10.00. The maximum absolute atomic E-state index is 11.6. The Labute approximate surface area is 149 Å². The summed E-state index contributed by atoms with van der Waals surface area (Å²) in [5.74, 6) is -1.35. The van der Waals surface area contributed by atoms with E-state index in [1.54, 1.807) is 6.07 Å². The fraction of sp³-hybridized carbons (Fsp3) is 0.150. The largest absolute Gasteiger partial charge is 0.426 e. The zero-order valence-corrected chi connectivity index (χ0v) is 14.5. The number of hydrogen-bond donors (Lipinski definition) is 0. The lowest BCUT2D eigenvalue weighted by molar-refractivity contribution is -0.134. The monoisotopic (exact) mass is 352 g/mol. The predicted octanol–water partition coefficient (Wildman–Crippen LogP) is 3.77. The second-order valence-electron chi connectivity index (χ2n) is 5.69. The molecule has 26 heavy (non-hydrogen) atoms. The molecule has 0 bridgehead atoms. The molecular formula is C20H16O6. The highest BCUT2D eigenvalue weighted by molar-refractivity contribution is 6.14. The second-order valence-corrected chi connectivity index (χ2v) is 5.69. The van der Waals surface area contributed by atoms with Crippen LogP contribution in [0.2, 0.25) is 0 Å². The summed E-state index contributed by atoms with van der Waals surface area (Å²) in [5, 5.41) is 2.81. The van der Waals surface area contributed by atoms with E-state index in [2.05, 4.69) is 0 Å². The number of hydrogen-bond acceptors (Lipinski definition) is 6. The molecule has 3 aromatic rings. The first-order valence-corrected chi connectivity index (χ1v) is 7.90. The van der Waals surface area contributed by atoms with Crippen molar-refractivity contribution in [1.82, 2.24) is 0 Å². The SMILES string of the molecule is CC(=O)Oc1cc(OC(C)=O)c2c(ccc3ccccc32)c1OC(C)=O. The number of benzene rings is 3. The molecule has 0 unspecified atom stereocenters. The second kappa shape index (κ2) is 6.84. The van der Waals surface area contributed by atoms with Gasteiger partial charge in [0.05, 0.1) is 0 Å². The van der Waals surface area contributed by atoms with E-state index in [1.807, 2.05) is 30.3 Å². The summed E-state index contributed by atoms with van der Waals surface area (Å²) in [5.41, 5.74) is 0. The van der Waals surface area contributed by atoms with Gasteiger partial charge in [-0.2, -0.15) is 0 Å². The third kappa shape index (κ3) is 3.35. The molecule has 0 aliphatic heterocycles. The Kier molecular flexibility index (Phi) is 4.58. The van der Waals surface area contributed by atoms with Crippen LogP contribution in [-0.2, 0) is 14.4 Å². The van der Waals surface area contributed by atoms with Gasteiger partial charge in [-0.3, -0.25) is 14.4 Å². The zero-order chi connectivity index (χ0) is 18.8. The van der Waals surface area contributed by atoms with Crippen molar-refractivity contribution < 1.29 is 28.6 Å². The summed E-state index contributed by atoms with van der Waals surface area (Å²) < 4.78 is 15.8. The van der Waals surface area contributed by atoms with Gasteiger partial charge in [0, 0.05) is 37.6 Å². The smallest absolute Gasteiger partial charge is 0.308 e. The maximum atomic E-state index is 11.6. The first-order valence-electron chi connectivity index (χ1n) is 7.90. The third-order valence-electron chi connectivity index (χ3n) is 3.66. The molecule has 0 spiro atoms. The molecular weight excluding hydrogens is 336 g/mol. The van der Waals surface area contributed by atoms with Crippen LogP contribution in [0.15, 0.2) is 42.5 Å². The van der Waals surface area contributed by atoms with E-state index >= 15 is 0 Å². The van der Waals surface area contributed by atoms with Gasteiger partial charge in [0.15, 0.2) is 11.5 Å². The minimum absolute atomic E-state index is 0.00623. The molecule has 0 amide bonds. The quantitative estimate of drug-likeness (QED) is 0.406. The number of carbonyl (C=O) groups is 3. The summed E-state index contributed by atoms with van der Waals surface area (Å²) in [7, 11) is 0. The van der Waals surface area contributed by atoms with Crippen LogP contribution in [-0.4, -0.2) is 17.9 Å². The Morgan fingerprint density at radius 3 is 1.96 bits per heavy atom. The summed E-state index contributed by atoms with van der Waals surface area (Å²) in [6.45, 7) is 3.76. The number of esters is 3. The Morgan fingerprint density at radius 2 is 1.31 bits per heavy atom. The number of ether oxygens (including phenoxy) is 3. The maximum Gasteiger partial charge on any atom is 0.308 e. The highest BCUT2D eigenvalue weighted by Gasteiger charge is 2.21. The van der Waals surface area contributed by atoms with Crippen LogP contribution in [0.1, 0.15) is 20.8 Å². The van der Waals surface area contributed by atoms with Crippen molar-refractivity contribution in [2.45, 2.75) is 20.8 Å².